The Balaban J connectivity index is 1.29. The monoisotopic (exact) mass is 994 g/mol. The van der Waals surface area contributed by atoms with Crippen molar-refractivity contribution >= 4 is 129 Å². The quantitative estimate of drug-likeness (QED) is 0.144. The molecule has 0 aliphatic carbocycles. The molecule has 4 aromatic rings. The van der Waals surface area contributed by atoms with E-state index in [9.17, 15) is 0 Å². The molecule has 8 heterocycles. The molecular weight excluding hydrogens is 957 g/mol. The minimum absolute atomic E-state index is 0.00590. The molecule has 0 fully saturated rings. The number of ether oxygens (including phenoxy) is 4. The summed E-state index contributed by atoms with van der Waals surface area (Å²) >= 11 is 13.1. The van der Waals surface area contributed by atoms with Gasteiger partial charge < -0.3 is 0 Å². The van der Waals surface area contributed by atoms with Crippen LogP contribution in [0.1, 0.15) is 27.7 Å². The summed E-state index contributed by atoms with van der Waals surface area (Å²) in [7, 11) is 0. The normalized spacial score (nSPS) is 19.7. The summed E-state index contributed by atoms with van der Waals surface area (Å²) in [5.74, 6) is 8.94. The maximum absolute atomic E-state index is 6.69. The Kier molecular flexibility index (Phi) is 10.2. The minimum atomic E-state index is 0.00590. The van der Waals surface area contributed by atoms with Gasteiger partial charge in [0, 0.05) is 0 Å². The van der Waals surface area contributed by atoms with Crippen LogP contribution in [0.4, 0.5) is 0 Å². The van der Waals surface area contributed by atoms with E-state index in [2.05, 4.69) is 87.3 Å². The topological polar surface area (TPSA) is 36.9 Å². The van der Waals surface area contributed by atoms with Crippen molar-refractivity contribution in [3.8, 4) is 49.6 Å². The van der Waals surface area contributed by atoms with Crippen LogP contribution in [-0.2, 0) is 0 Å². The third-order valence-electron chi connectivity index (χ3n) is 7.80. The standard InChI is InChI=1S/C32H34O4S6Se4/c1-31(2)11-33-15-17(35-13-31)29(37-5)45-23(15)25-19-21(41-9-7-39-19)27(43-25)28-22-20(40-8-10-42-22)26(44-28)24-16-18(30(38-6)46-24)36-14-32(3,4)12-34-16/h7-14H2,1-6H3. The molecule has 0 amide bonds. The van der Waals surface area contributed by atoms with Gasteiger partial charge in [0.25, 0.3) is 0 Å². The Morgan fingerprint density at radius 1 is 0.457 bits per heavy atom. The second kappa shape index (κ2) is 13.7. The maximum atomic E-state index is 6.69. The van der Waals surface area contributed by atoms with Crippen molar-refractivity contribution in [3.05, 3.63) is 0 Å². The molecule has 4 aliphatic heterocycles. The summed E-state index contributed by atoms with van der Waals surface area (Å²) in [5, 5.41) is 0. The van der Waals surface area contributed by atoms with Crippen molar-refractivity contribution < 1.29 is 18.9 Å². The van der Waals surface area contributed by atoms with Gasteiger partial charge in [-0.2, -0.15) is 0 Å². The zero-order chi connectivity index (χ0) is 31.8. The van der Waals surface area contributed by atoms with E-state index in [4.69, 9.17) is 18.9 Å². The summed E-state index contributed by atoms with van der Waals surface area (Å²) < 4.78 is 38.6. The first-order chi connectivity index (χ1) is 22.2. The number of hydrogen-bond acceptors (Lipinski definition) is 10. The summed E-state index contributed by atoms with van der Waals surface area (Å²) in [4.78, 5) is 6.28. The summed E-state index contributed by atoms with van der Waals surface area (Å²) in [6, 6.07) is 0. The van der Waals surface area contributed by atoms with Crippen LogP contribution in [-0.4, -0.2) is 120 Å². The first-order valence-electron chi connectivity index (χ1n) is 15.0. The number of thioether (sulfide) groups is 6. The fourth-order valence-electron chi connectivity index (χ4n) is 5.49. The second-order valence-electron chi connectivity index (χ2n) is 12.9. The Bertz CT molecular complexity index is 1690. The molecule has 0 saturated heterocycles. The van der Waals surface area contributed by atoms with Gasteiger partial charge in [-0.25, -0.2) is 0 Å². The van der Waals surface area contributed by atoms with E-state index in [1.54, 1.807) is 37.3 Å². The van der Waals surface area contributed by atoms with Gasteiger partial charge in [0.2, 0.25) is 0 Å². The fourth-order valence-corrected chi connectivity index (χ4v) is 26.9. The molecule has 246 valence electrons. The van der Waals surface area contributed by atoms with Crippen molar-refractivity contribution in [1.29, 1.82) is 0 Å². The van der Waals surface area contributed by atoms with E-state index in [-0.39, 0.29) is 68.8 Å². The van der Waals surface area contributed by atoms with Crippen LogP contribution < -0.4 is 18.9 Å². The summed E-state index contributed by atoms with van der Waals surface area (Å²) in [6.07, 6.45) is 4.41. The Morgan fingerprint density at radius 2 is 0.761 bits per heavy atom. The summed E-state index contributed by atoms with van der Waals surface area (Å²) in [6.45, 7) is 11.8. The molecule has 14 heteroatoms. The molecule has 46 heavy (non-hydrogen) atoms. The molecule has 0 bridgehead atoms. The van der Waals surface area contributed by atoms with Crippen molar-refractivity contribution in [3.63, 3.8) is 0 Å². The predicted octanol–water partition coefficient (Wildman–Crippen LogP) is 8.35. The molecule has 0 N–H and O–H groups in total. The fraction of sp³-hybridized carbons (Fsp3) is 0.500. The average molecular weight is 991 g/mol. The number of rotatable bonds is 5. The van der Waals surface area contributed by atoms with Gasteiger partial charge in [-0.15, -0.1) is 0 Å². The molecule has 4 nitrogen and oxygen atoms in total. The van der Waals surface area contributed by atoms with E-state index >= 15 is 0 Å². The Hall–Kier alpha value is 1.30. The number of fused-ring (bicyclic) bond motifs is 4. The van der Waals surface area contributed by atoms with Crippen LogP contribution in [0.5, 0.6) is 23.0 Å². The zero-order valence-corrected chi connectivity index (χ0v) is 38.1. The van der Waals surface area contributed by atoms with Gasteiger partial charge in [-0.1, -0.05) is 0 Å². The predicted molar refractivity (Wildman–Crippen MR) is 207 cm³/mol. The van der Waals surface area contributed by atoms with E-state index in [1.807, 2.05) is 23.5 Å². The SMILES string of the molecule is CSc1[se]c(-c2[se]c(-c3[se]c(-c4[se]c(SC)c5c4OCC(C)(C)CO5)c4c3SCCS4)c3c2SCCS3)c2c1OCC(C)(C)CO2. The van der Waals surface area contributed by atoms with Gasteiger partial charge in [0.15, 0.2) is 0 Å². The van der Waals surface area contributed by atoms with E-state index in [0.29, 0.717) is 26.4 Å². The molecule has 8 rings (SSSR count). The number of hydrogen-bond donors (Lipinski definition) is 0. The van der Waals surface area contributed by atoms with Crippen LogP contribution in [0.15, 0.2) is 27.1 Å². The van der Waals surface area contributed by atoms with E-state index in [0.717, 1.165) is 23.0 Å². The van der Waals surface area contributed by atoms with Gasteiger partial charge >= 0.3 is 325 Å². The van der Waals surface area contributed by atoms with Crippen molar-refractivity contribution in [2.45, 2.75) is 54.8 Å². The molecule has 0 spiro atoms. The third kappa shape index (κ3) is 6.25. The first-order valence-corrected chi connectivity index (χ1v) is 28.2. The molecule has 0 atom stereocenters. The van der Waals surface area contributed by atoms with Crippen LogP contribution in [0.25, 0.3) is 26.6 Å². The van der Waals surface area contributed by atoms with E-state index < -0.39 is 0 Å². The summed E-state index contributed by atoms with van der Waals surface area (Å²) in [5.41, 5.74) is 0.0118. The molecule has 0 aromatic carbocycles. The third-order valence-corrected chi connectivity index (χ3v) is 29.4. The van der Waals surface area contributed by atoms with Crippen molar-refractivity contribution in [2.75, 3.05) is 62.0 Å². The molecule has 0 unspecified atom stereocenters. The molecule has 4 aromatic heterocycles. The molecule has 0 radical (unpaired) electrons. The molecular formula is C32H34O4S6Se4. The zero-order valence-electron chi connectivity index (χ0n) is 26.4. The van der Waals surface area contributed by atoms with Gasteiger partial charge in [0.05, 0.1) is 0 Å². The second-order valence-corrected chi connectivity index (χ2v) is 28.7. The van der Waals surface area contributed by atoms with Crippen molar-refractivity contribution in [2.24, 2.45) is 10.8 Å². The van der Waals surface area contributed by atoms with E-state index in [1.165, 1.54) is 39.4 Å². The van der Waals surface area contributed by atoms with Gasteiger partial charge in [0.1, 0.15) is 0 Å². The Morgan fingerprint density at radius 3 is 1.09 bits per heavy atom. The Labute approximate surface area is 321 Å². The van der Waals surface area contributed by atoms with Crippen LogP contribution in [0.2, 0.25) is 0 Å². The van der Waals surface area contributed by atoms with Gasteiger partial charge in [-0.3, -0.25) is 0 Å². The van der Waals surface area contributed by atoms with Crippen LogP contribution in [0, 0.1) is 10.8 Å². The average Bonchev–Trinajstić information content (AvgIpc) is 3.75. The molecule has 0 saturated carbocycles. The van der Waals surface area contributed by atoms with Crippen LogP contribution in [0.3, 0.4) is 0 Å². The first kappa shape index (κ1) is 34.4. The molecule has 4 aliphatic rings. The van der Waals surface area contributed by atoms with Gasteiger partial charge in [-0.05, 0) is 0 Å². The van der Waals surface area contributed by atoms with Crippen molar-refractivity contribution in [1.82, 2.24) is 0 Å². The van der Waals surface area contributed by atoms with Crippen LogP contribution >= 0.6 is 70.6 Å².